The highest BCUT2D eigenvalue weighted by Crippen LogP contribution is 2.35. The largest absolute Gasteiger partial charge is 0.316 e. The molecule has 2 rings (SSSR count). The molecule has 2 aliphatic rings. The lowest BCUT2D eigenvalue weighted by Crippen LogP contribution is -2.43. The molecular formula is C14H28N2. The van der Waals surface area contributed by atoms with E-state index in [9.17, 15) is 0 Å². The fraction of sp³-hybridized carbons (Fsp3) is 1.00. The van der Waals surface area contributed by atoms with Crippen molar-refractivity contribution >= 4 is 0 Å². The molecule has 16 heavy (non-hydrogen) atoms. The smallest absolute Gasteiger partial charge is 0.00501 e. The highest BCUT2D eigenvalue weighted by atomic mass is 15.1. The van der Waals surface area contributed by atoms with E-state index in [0.29, 0.717) is 5.41 Å². The van der Waals surface area contributed by atoms with E-state index in [1.165, 1.54) is 51.9 Å². The van der Waals surface area contributed by atoms with Crippen LogP contribution in [0.4, 0.5) is 0 Å². The maximum absolute atomic E-state index is 3.55. The summed E-state index contributed by atoms with van der Waals surface area (Å²) in [7, 11) is 2.32. The van der Waals surface area contributed by atoms with Gasteiger partial charge in [0.15, 0.2) is 0 Å². The molecule has 1 saturated carbocycles. The van der Waals surface area contributed by atoms with Crippen LogP contribution in [0.3, 0.4) is 0 Å². The van der Waals surface area contributed by atoms with E-state index in [2.05, 4.69) is 31.1 Å². The summed E-state index contributed by atoms with van der Waals surface area (Å²) in [6, 6.07) is 0. The van der Waals surface area contributed by atoms with E-state index in [-0.39, 0.29) is 0 Å². The molecule has 2 heteroatoms. The fourth-order valence-corrected chi connectivity index (χ4v) is 3.29. The van der Waals surface area contributed by atoms with Gasteiger partial charge in [-0.05, 0) is 50.1 Å². The zero-order chi connectivity index (χ0) is 11.6. The Hall–Kier alpha value is -0.0800. The molecule has 2 nitrogen and oxygen atoms in total. The molecule has 94 valence electrons. The average molecular weight is 224 g/mol. The molecule has 0 spiro atoms. The summed E-state index contributed by atoms with van der Waals surface area (Å²) in [5.41, 5.74) is 0.540. The third-order valence-corrected chi connectivity index (χ3v) is 4.88. The van der Waals surface area contributed by atoms with Gasteiger partial charge in [0.2, 0.25) is 0 Å². The monoisotopic (exact) mass is 224 g/mol. The third kappa shape index (κ3) is 2.60. The van der Waals surface area contributed by atoms with E-state index in [4.69, 9.17) is 0 Å². The number of hydrogen-bond donors (Lipinski definition) is 1. The van der Waals surface area contributed by atoms with Gasteiger partial charge in [0.05, 0.1) is 0 Å². The van der Waals surface area contributed by atoms with Gasteiger partial charge in [-0.3, -0.25) is 0 Å². The summed E-state index contributed by atoms with van der Waals surface area (Å²) in [5.74, 6) is 1.80. The minimum absolute atomic E-state index is 0.540. The SMILES string of the molecule is CC(C)C1(CN(C)CC2CCC2)CCNC1. The van der Waals surface area contributed by atoms with Crippen LogP contribution in [0.5, 0.6) is 0 Å². The maximum Gasteiger partial charge on any atom is 0.00501 e. The van der Waals surface area contributed by atoms with Crippen LogP contribution in [0.15, 0.2) is 0 Å². The molecule has 0 aromatic rings. The Bertz CT molecular complexity index is 215. The Morgan fingerprint density at radius 2 is 2.12 bits per heavy atom. The highest BCUT2D eigenvalue weighted by Gasteiger charge is 2.38. The molecule has 0 bridgehead atoms. The molecule has 1 atom stereocenters. The summed E-state index contributed by atoms with van der Waals surface area (Å²) < 4.78 is 0. The van der Waals surface area contributed by atoms with E-state index in [1.807, 2.05) is 0 Å². The average Bonchev–Trinajstić information content (AvgIpc) is 2.61. The standard InChI is InChI=1S/C14H28N2/c1-12(2)14(7-8-15-10-14)11-16(3)9-13-5-4-6-13/h12-13,15H,4-11H2,1-3H3. The molecule has 1 N–H and O–H groups in total. The zero-order valence-electron chi connectivity index (χ0n) is 11.3. The first-order valence-corrected chi connectivity index (χ1v) is 7.02. The summed E-state index contributed by atoms with van der Waals surface area (Å²) in [4.78, 5) is 2.59. The molecule has 1 aliphatic carbocycles. The van der Waals surface area contributed by atoms with Crippen molar-refractivity contribution in [2.24, 2.45) is 17.3 Å². The van der Waals surface area contributed by atoms with Crippen LogP contribution in [0.2, 0.25) is 0 Å². The summed E-state index contributed by atoms with van der Waals surface area (Å²) in [6.45, 7) is 9.84. The molecule has 0 aromatic heterocycles. The minimum atomic E-state index is 0.540. The second-order valence-corrected chi connectivity index (χ2v) is 6.44. The van der Waals surface area contributed by atoms with Crippen molar-refractivity contribution in [3.05, 3.63) is 0 Å². The van der Waals surface area contributed by atoms with Gasteiger partial charge < -0.3 is 10.2 Å². The second kappa shape index (κ2) is 5.05. The summed E-state index contributed by atoms with van der Waals surface area (Å²) in [5, 5.41) is 3.55. The predicted octanol–water partition coefficient (Wildman–Crippen LogP) is 2.35. The van der Waals surface area contributed by atoms with Crippen LogP contribution in [0.1, 0.15) is 39.5 Å². The lowest BCUT2D eigenvalue weighted by atomic mass is 9.75. The van der Waals surface area contributed by atoms with Gasteiger partial charge in [0.25, 0.3) is 0 Å². The lowest BCUT2D eigenvalue weighted by molar-refractivity contribution is 0.109. The Morgan fingerprint density at radius 1 is 1.38 bits per heavy atom. The molecule has 1 unspecified atom stereocenters. The Labute approximate surface area is 101 Å². The first-order chi connectivity index (χ1) is 7.62. The number of hydrogen-bond acceptors (Lipinski definition) is 2. The van der Waals surface area contributed by atoms with Crippen molar-refractivity contribution in [2.75, 3.05) is 33.2 Å². The highest BCUT2D eigenvalue weighted by molar-refractivity contribution is 4.92. The molecule has 1 saturated heterocycles. The fourth-order valence-electron chi connectivity index (χ4n) is 3.29. The molecule has 0 amide bonds. The van der Waals surface area contributed by atoms with Crippen molar-refractivity contribution in [1.82, 2.24) is 10.2 Å². The van der Waals surface area contributed by atoms with E-state index >= 15 is 0 Å². The van der Waals surface area contributed by atoms with Crippen molar-refractivity contribution in [3.8, 4) is 0 Å². The van der Waals surface area contributed by atoms with Crippen LogP contribution in [0, 0.1) is 17.3 Å². The molecule has 0 radical (unpaired) electrons. The van der Waals surface area contributed by atoms with E-state index < -0.39 is 0 Å². The third-order valence-electron chi connectivity index (χ3n) is 4.88. The van der Waals surface area contributed by atoms with Gasteiger partial charge in [-0.15, -0.1) is 0 Å². The van der Waals surface area contributed by atoms with Crippen LogP contribution in [0.25, 0.3) is 0 Å². The van der Waals surface area contributed by atoms with Gasteiger partial charge in [0.1, 0.15) is 0 Å². The Morgan fingerprint density at radius 3 is 2.56 bits per heavy atom. The first kappa shape index (κ1) is 12.4. The van der Waals surface area contributed by atoms with Crippen molar-refractivity contribution in [3.63, 3.8) is 0 Å². The van der Waals surface area contributed by atoms with Gasteiger partial charge in [-0.25, -0.2) is 0 Å². The quantitative estimate of drug-likeness (QED) is 0.771. The van der Waals surface area contributed by atoms with Crippen LogP contribution in [-0.2, 0) is 0 Å². The normalized spacial score (nSPS) is 31.3. The summed E-state index contributed by atoms with van der Waals surface area (Å²) >= 11 is 0. The number of rotatable bonds is 5. The second-order valence-electron chi connectivity index (χ2n) is 6.44. The van der Waals surface area contributed by atoms with E-state index in [0.717, 1.165) is 11.8 Å². The summed E-state index contributed by atoms with van der Waals surface area (Å²) in [6.07, 6.45) is 5.77. The van der Waals surface area contributed by atoms with Crippen molar-refractivity contribution in [1.29, 1.82) is 0 Å². The van der Waals surface area contributed by atoms with Crippen molar-refractivity contribution < 1.29 is 0 Å². The van der Waals surface area contributed by atoms with Gasteiger partial charge >= 0.3 is 0 Å². The topological polar surface area (TPSA) is 15.3 Å². The predicted molar refractivity (Wildman–Crippen MR) is 69.6 cm³/mol. The van der Waals surface area contributed by atoms with Crippen LogP contribution >= 0.6 is 0 Å². The van der Waals surface area contributed by atoms with Gasteiger partial charge in [-0.2, -0.15) is 0 Å². The van der Waals surface area contributed by atoms with Gasteiger partial charge in [-0.1, -0.05) is 20.3 Å². The maximum atomic E-state index is 3.55. The Balaban J connectivity index is 1.84. The van der Waals surface area contributed by atoms with Gasteiger partial charge in [0, 0.05) is 19.6 Å². The van der Waals surface area contributed by atoms with Crippen LogP contribution < -0.4 is 5.32 Å². The van der Waals surface area contributed by atoms with E-state index in [1.54, 1.807) is 0 Å². The molecule has 1 heterocycles. The molecule has 0 aromatic carbocycles. The first-order valence-electron chi connectivity index (χ1n) is 7.02. The zero-order valence-corrected chi connectivity index (χ0v) is 11.3. The Kier molecular flexibility index (Phi) is 3.91. The van der Waals surface area contributed by atoms with Crippen molar-refractivity contribution in [2.45, 2.75) is 39.5 Å². The molecule has 2 fully saturated rings. The van der Waals surface area contributed by atoms with Crippen LogP contribution in [-0.4, -0.2) is 38.1 Å². The minimum Gasteiger partial charge on any atom is -0.316 e. The molecular weight excluding hydrogens is 196 g/mol. The molecule has 1 aliphatic heterocycles. The number of nitrogens with zero attached hydrogens (tertiary/aromatic N) is 1. The lowest BCUT2D eigenvalue weighted by Gasteiger charge is -2.39. The number of nitrogens with one attached hydrogen (secondary N) is 1.